The van der Waals surface area contributed by atoms with Gasteiger partial charge in [0.2, 0.25) is 17.6 Å². The van der Waals surface area contributed by atoms with E-state index in [0.29, 0.717) is 11.7 Å². The molecule has 3 aromatic rings. The Morgan fingerprint density at radius 3 is 2.87 bits per heavy atom. The highest BCUT2D eigenvalue weighted by Gasteiger charge is 2.16. The fourth-order valence-corrected chi connectivity index (χ4v) is 3.46. The molecule has 0 aliphatic rings. The quantitative estimate of drug-likeness (QED) is 0.692. The summed E-state index contributed by atoms with van der Waals surface area (Å²) in [5.74, 6) is 0.893. The molecular formula is C16H15N3O2S2. The third-order valence-corrected chi connectivity index (χ3v) is 5.03. The first-order chi connectivity index (χ1) is 11.2. The molecule has 0 aliphatic heterocycles. The van der Waals surface area contributed by atoms with Crippen molar-refractivity contribution in [3.05, 3.63) is 53.7 Å². The standard InChI is InChI=1S/C16H15N3O2S2/c1-11(23-12-6-3-2-4-7-12)16(20)17-10-14-18-15(19-21-14)13-8-5-9-22-13/h2-9,11H,10H2,1H3,(H,17,20)/t11-/m0/s1. The molecule has 0 aliphatic carbocycles. The molecule has 118 valence electrons. The van der Waals surface area contributed by atoms with Crippen LogP contribution in [0.5, 0.6) is 0 Å². The highest BCUT2D eigenvalue weighted by molar-refractivity contribution is 8.00. The molecule has 0 spiro atoms. The number of hydrogen-bond donors (Lipinski definition) is 1. The zero-order chi connectivity index (χ0) is 16.1. The zero-order valence-corrected chi connectivity index (χ0v) is 14.1. The lowest BCUT2D eigenvalue weighted by atomic mass is 10.4. The van der Waals surface area contributed by atoms with Gasteiger partial charge in [0, 0.05) is 4.90 Å². The average molecular weight is 345 g/mol. The summed E-state index contributed by atoms with van der Waals surface area (Å²) in [4.78, 5) is 18.4. The van der Waals surface area contributed by atoms with Crippen LogP contribution in [-0.2, 0) is 11.3 Å². The van der Waals surface area contributed by atoms with Crippen LogP contribution < -0.4 is 5.32 Å². The third-order valence-electron chi connectivity index (χ3n) is 3.05. The van der Waals surface area contributed by atoms with Crippen molar-refractivity contribution < 1.29 is 9.32 Å². The fraction of sp³-hybridized carbons (Fsp3) is 0.188. The summed E-state index contributed by atoms with van der Waals surface area (Å²) in [6.07, 6.45) is 0. The summed E-state index contributed by atoms with van der Waals surface area (Å²) in [5.41, 5.74) is 0. The lowest BCUT2D eigenvalue weighted by Gasteiger charge is -2.10. The number of carbonyl (C=O) groups excluding carboxylic acids is 1. The van der Waals surface area contributed by atoms with Crippen LogP contribution in [0.3, 0.4) is 0 Å². The van der Waals surface area contributed by atoms with Crippen LogP contribution in [0.25, 0.3) is 10.7 Å². The van der Waals surface area contributed by atoms with E-state index in [4.69, 9.17) is 4.52 Å². The number of aromatic nitrogens is 2. The van der Waals surface area contributed by atoms with Crippen molar-refractivity contribution >= 4 is 29.0 Å². The van der Waals surface area contributed by atoms with Crippen LogP contribution >= 0.6 is 23.1 Å². The maximum Gasteiger partial charge on any atom is 0.246 e. The van der Waals surface area contributed by atoms with Gasteiger partial charge in [0.05, 0.1) is 16.7 Å². The number of thioether (sulfide) groups is 1. The van der Waals surface area contributed by atoms with E-state index in [1.165, 1.54) is 11.8 Å². The highest BCUT2D eigenvalue weighted by atomic mass is 32.2. The van der Waals surface area contributed by atoms with Gasteiger partial charge in [-0.3, -0.25) is 4.79 Å². The highest BCUT2D eigenvalue weighted by Crippen LogP contribution is 2.23. The van der Waals surface area contributed by atoms with Crippen molar-refractivity contribution in [2.75, 3.05) is 0 Å². The number of benzene rings is 1. The van der Waals surface area contributed by atoms with E-state index >= 15 is 0 Å². The molecule has 0 saturated carbocycles. The second kappa shape index (κ2) is 7.43. The molecule has 2 aromatic heterocycles. The maximum absolute atomic E-state index is 12.1. The minimum Gasteiger partial charge on any atom is -0.346 e. The Labute approximate surface area is 142 Å². The van der Waals surface area contributed by atoms with Gasteiger partial charge in [-0.2, -0.15) is 4.98 Å². The van der Waals surface area contributed by atoms with Gasteiger partial charge in [-0.25, -0.2) is 0 Å². The molecule has 23 heavy (non-hydrogen) atoms. The first-order valence-corrected chi connectivity index (χ1v) is 8.84. The summed E-state index contributed by atoms with van der Waals surface area (Å²) in [6, 6.07) is 13.7. The van der Waals surface area contributed by atoms with Gasteiger partial charge in [0.1, 0.15) is 0 Å². The SMILES string of the molecule is C[C@H](Sc1ccccc1)C(=O)NCc1nc(-c2cccs2)no1. The van der Waals surface area contributed by atoms with Crippen molar-refractivity contribution in [2.45, 2.75) is 23.6 Å². The molecule has 2 heterocycles. The Morgan fingerprint density at radius 1 is 1.30 bits per heavy atom. The fourth-order valence-electron chi connectivity index (χ4n) is 1.90. The van der Waals surface area contributed by atoms with Gasteiger partial charge in [-0.05, 0) is 30.5 Å². The number of carbonyl (C=O) groups is 1. The second-order valence-electron chi connectivity index (χ2n) is 4.78. The van der Waals surface area contributed by atoms with Crippen LogP contribution in [-0.4, -0.2) is 21.3 Å². The lowest BCUT2D eigenvalue weighted by Crippen LogP contribution is -2.30. The predicted octanol–water partition coefficient (Wildman–Crippen LogP) is 3.60. The Balaban J connectivity index is 1.52. The van der Waals surface area contributed by atoms with Crippen LogP contribution in [0, 0.1) is 0 Å². The monoisotopic (exact) mass is 345 g/mol. The third kappa shape index (κ3) is 4.20. The van der Waals surface area contributed by atoms with Crippen LogP contribution in [0.1, 0.15) is 12.8 Å². The Kier molecular flexibility index (Phi) is 5.09. The van der Waals surface area contributed by atoms with Crippen molar-refractivity contribution in [3.8, 4) is 10.7 Å². The molecule has 5 nitrogen and oxygen atoms in total. The topological polar surface area (TPSA) is 68.0 Å². The summed E-state index contributed by atoms with van der Waals surface area (Å²) in [7, 11) is 0. The molecule has 0 fully saturated rings. The van der Waals surface area contributed by atoms with Gasteiger partial charge in [-0.1, -0.05) is 29.4 Å². The van der Waals surface area contributed by atoms with Crippen LogP contribution in [0.2, 0.25) is 0 Å². The zero-order valence-electron chi connectivity index (χ0n) is 12.4. The Morgan fingerprint density at radius 2 is 2.13 bits per heavy atom. The normalized spacial score (nSPS) is 12.0. The van der Waals surface area contributed by atoms with Crippen LogP contribution in [0.4, 0.5) is 0 Å². The molecule has 7 heteroatoms. The smallest absolute Gasteiger partial charge is 0.246 e. The van der Waals surface area contributed by atoms with Gasteiger partial charge in [-0.15, -0.1) is 23.1 Å². The number of amides is 1. The second-order valence-corrected chi connectivity index (χ2v) is 7.14. The number of thiophene rings is 1. The largest absolute Gasteiger partial charge is 0.346 e. The van der Waals surface area contributed by atoms with Crippen molar-refractivity contribution in [3.63, 3.8) is 0 Å². The molecule has 0 unspecified atom stereocenters. The molecular weight excluding hydrogens is 330 g/mol. The molecule has 1 N–H and O–H groups in total. The summed E-state index contributed by atoms with van der Waals surface area (Å²) < 4.78 is 5.16. The van der Waals surface area contributed by atoms with Gasteiger partial charge < -0.3 is 9.84 Å². The van der Waals surface area contributed by atoms with E-state index in [0.717, 1.165) is 9.77 Å². The molecule has 0 bridgehead atoms. The van der Waals surface area contributed by atoms with Gasteiger partial charge in [0.25, 0.3) is 0 Å². The van der Waals surface area contributed by atoms with Crippen molar-refractivity contribution in [1.82, 2.24) is 15.5 Å². The number of rotatable bonds is 6. The van der Waals surface area contributed by atoms with E-state index in [-0.39, 0.29) is 17.7 Å². The summed E-state index contributed by atoms with van der Waals surface area (Å²) in [6.45, 7) is 2.11. The van der Waals surface area contributed by atoms with Crippen LogP contribution in [0.15, 0.2) is 57.3 Å². The molecule has 1 amide bonds. The predicted molar refractivity (Wildman–Crippen MR) is 91.2 cm³/mol. The maximum atomic E-state index is 12.1. The molecule has 0 radical (unpaired) electrons. The molecule has 1 aromatic carbocycles. The Hall–Kier alpha value is -2.12. The molecule has 0 saturated heterocycles. The minimum atomic E-state index is -0.197. The minimum absolute atomic E-state index is 0.0604. The first kappa shape index (κ1) is 15.8. The van der Waals surface area contributed by atoms with E-state index in [1.54, 1.807) is 11.3 Å². The van der Waals surface area contributed by atoms with Gasteiger partial charge >= 0.3 is 0 Å². The van der Waals surface area contributed by atoms with E-state index in [2.05, 4.69) is 15.5 Å². The number of hydrogen-bond acceptors (Lipinski definition) is 6. The molecule has 1 atom stereocenters. The average Bonchev–Trinajstić information content (AvgIpc) is 3.24. The van der Waals surface area contributed by atoms with E-state index < -0.39 is 0 Å². The van der Waals surface area contributed by atoms with E-state index in [1.807, 2.05) is 54.8 Å². The van der Waals surface area contributed by atoms with Crippen molar-refractivity contribution in [1.29, 1.82) is 0 Å². The molecule has 3 rings (SSSR count). The lowest BCUT2D eigenvalue weighted by molar-refractivity contribution is -0.120. The number of nitrogens with one attached hydrogen (secondary N) is 1. The summed E-state index contributed by atoms with van der Waals surface area (Å²) >= 11 is 3.06. The summed E-state index contributed by atoms with van der Waals surface area (Å²) in [5, 5.41) is 8.50. The number of nitrogens with zero attached hydrogens (tertiary/aromatic N) is 2. The Bertz CT molecular complexity index is 757. The van der Waals surface area contributed by atoms with E-state index in [9.17, 15) is 4.79 Å². The van der Waals surface area contributed by atoms with Crippen molar-refractivity contribution in [2.24, 2.45) is 0 Å². The van der Waals surface area contributed by atoms with Gasteiger partial charge in [0.15, 0.2) is 0 Å². The first-order valence-electron chi connectivity index (χ1n) is 7.08.